The van der Waals surface area contributed by atoms with Gasteiger partial charge in [-0.1, -0.05) is 25.2 Å². The molecule has 0 bridgehead atoms. The molecule has 276 valence electrons. The Morgan fingerprint density at radius 3 is 1.19 bits per heavy atom. The van der Waals surface area contributed by atoms with Crippen molar-refractivity contribution in [3.8, 4) is 57.4 Å². The first-order valence-electron chi connectivity index (χ1n) is 14.9. The molecule has 53 heavy (non-hydrogen) atoms. The number of esters is 2. The Morgan fingerprint density at radius 2 is 0.906 bits per heavy atom. The lowest BCUT2D eigenvalue weighted by Crippen LogP contribution is -2.19. The monoisotopic (exact) mass is 756 g/mol. The zero-order valence-corrected chi connectivity index (χ0v) is 26.6. The molecule has 0 aromatic heterocycles. The van der Waals surface area contributed by atoms with Gasteiger partial charge >= 0.3 is 24.3 Å². The van der Waals surface area contributed by atoms with E-state index in [-0.39, 0.29) is 53.0 Å². The Hall–Kier alpha value is -5.90. The van der Waals surface area contributed by atoms with Crippen LogP contribution in [-0.2, 0) is 9.59 Å². The van der Waals surface area contributed by atoms with E-state index in [0.717, 1.165) is 36.1 Å². The standard InChI is InChI=1S/C37H20F12O4/c1-2-19(11-34(50)52-22-3-5-24(32(42)17-22)20-13-28(38)26(29(39)14-20)7-9-36(44,45)46)12-35(51)53-23-4-6-25(33(43)18-23)21-15-30(40)27(31(41)16-21)8-10-37(47,48)49/h3-6,13-19H,2,11-12H2,1H3. The number of rotatable bonds is 9. The highest BCUT2D eigenvalue weighted by atomic mass is 19.4. The lowest BCUT2D eigenvalue weighted by atomic mass is 9.98. The fourth-order valence-corrected chi connectivity index (χ4v) is 4.73. The second-order valence-corrected chi connectivity index (χ2v) is 11.0. The van der Waals surface area contributed by atoms with Crippen LogP contribution in [0, 0.1) is 64.5 Å². The third kappa shape index (κ3) is 11.0. The van der Waals surface area contributed by atoms with Gasteiger partial charge in [-0.25, -0.2) is 26.3 Å². The van der Waals surface area contributed by atoms with E-state index in [1.54, 1.807) is 6.92 Å². The van der Waals surface area contributed by atoms with Crippen LogP contribution in [0.5, 0.6) is 11.5 Å². The molecule has 0 amide bonds. The van der Waals surface area contributed by atoms with Crippen molar-refractivity contribution in [3.05, 3.63) is 107 Å². The zero-order chi connectivity index (χ0) is 39.2. The van der Waals surface area contributed by atoms with Gasteiger partial charge in [-0.3, -0.25) is 9.59 Å². The molecule has 0 heterocycles. The molecule has 0 aliphatic heterocycles. The highest BCUT2D eigenvalue weighted by Gasteiger charge is 2.25. The maximum Gasteiger partial charge on any atom is 0.458 e. The van der Waals surface area contributed by atoms with E-state index >= 15 is 0 Å². The summed E-state index contributed by atoms with van der Waals surface area (Å²) in [5.41, 5.74) is -3.89. The number of ether oxygens (including phenoxy) is 2. The number of alkyl halides is 6. The molecule has 16 heteroatoms. The highest BCUT2D eigenvalue weighted by Crippen LogP contribution is 2.32. The fourth-order valence-electron chi connectivity index (χ4n) is 4.73. The van der Waals surface area contributed by atoms with Crippen molar-refractivity contribution < 1.29 is 71.7 Å². The van der Waals surface area contributed by atoms with Gasteiger partial charge in [0.05, 0.1) is 11.1 Å². The Bertz CT molecular complexity index is 1990. The fraction of sp³-hybridized carbons (Fsp3) is 0.189. The summed E-state index contributed by atoms with van der Waals surface area (Å²) in [6.07, 6.45) is -10.6. The van der Waals surface area contributed by atoms with Gasteiger partial charge in [0.25, 0.3) is 0 Å². The van der Waals surface area contributed by atoms with Crippen molar-refractivity contribution in [2.45, 2.75) is 38.5 Å². The average molecular weight is 757 g/mol. The number of carbonyl (C=O) groups excluding carboxylic acids is 2. The molecule has 4 aromatic rings. The molecule has 4 nitrogen and oxygen atoms in total. The molecule has 0 N–H and O–H groups in total. The summed E-state index contributed by atoms with van der Waals surface area (Å²) in [5.74, 6) is -7.17. The molecule has 0 aliphatic rings. The summed E-state index contributed by atoms with van der Waals surface area (Å²) in [6.45, 7) is 1.62. The van der Waals surface area contributed by atoms with Crippen molar-refractivity contribution in [1.82, 2.24) is 0 Å². The second kappa shape index (κ2) is 16.2. The van der Waals surface area contributed by atoms with Crippen molar-refractivity contribution in [2.75, 3.05) is 0 Å². The average Bonchev–Trinajstić information content (AvgIpc) is 3.02. The molecule has 0 unspecified atom stereocenters. The Morgan fingerprint density at radius 1 is 0.566 bits per heavy atom. The molecular weight excluding hydrogens is 736 g/mol. The topological polar surface area (TPSA) is 52.6 Å². The first kappa shape index (κ1) is 39.9. The molecule has 0 saturated heterocycles. The zero-order valence-electron chi connectivity index (χ0n) is 26.6. The molecule has 0 aliphatic carbocycles. The van der Waals surface area contributed by atoms with E-state index < -0.39 is 76.2 Å². The van der Waals surface area contributed by atoms with Gasteiger partial charge in [0.2, 0.25) is 0 Å². The third-order valence-corrected chi connectivity index (χ3v) is 7.20. The van der Waals surface area contributed by atoms with Crippen molar-refractivity contribution in [2.24, 2.45) is 5.92 Å². The summed E-state index contributed by atoms with van der Waals surface area (Å²) >= 11 is 0. The smallest absolute Gasteiger partial charge is 0.426 e. The van der Waals surface area contributed by atoms with Gasteiger partial charge in [0.1, 0.15) is 46.4 Å². The maximum absolute atomic E-state index is 14.9. The number of halogens is 12. The Labute approximate surface area is 292 Å². The van der Waals surface area contributed by atoms with Crippen LogP contribution < -0.4 is 9.47 Å². The maximum atomic E-state index is 14.9. The molecule has 4 aromatic carbocycles. The lowest BCUT2D eigenvalue weighted by molar-refractivity contribution is -0.138. The van der Waals surface area contributed by atoms with Gasteiger partial charge in [-0.2, -0.15) is 26.3 Å². The Kier molecular flexibility index (Phi) is 12.2. The minimum atomic E-state index is -5.01. The Balaban J connectivity index is 1.37. The third-order valence-electron chi connectivity index (χ3n) is 7.20. The number of hydrogen-bond donors (Lipinski definition) is 0. The summed E-state index contributed by atoms with van der Waals surface area (Å²) in [6, 6.07) is 7.89. The summed E-state index contributed by atoms with van der Waals surface area (Å²) in [4.78, 5) is 25.1. The molecular formula is C37H20F12O4. The second-order valence-electron chi connectivity index (χ2n) is 11.0. The van der Waals surface area contributed by atoms with Gasteiger partial charge < -0.3 is 9.47 Å². The van der Waals surface area contributed by atoms with Crippen LogP contribution in [0.1, 0.15) is 37.3 Å². The van der Waals surface area contributed by atoms with Crippen molar-refractivity contribution in [3.63, 3.8) is 0 Å². The predicted molar refractivity (Wildman–Crippen MR) is 164 cm³/mol. The molecule has 0 radical (unpaired) electrons. The molecule has 0 atom stereocenters. The summed E-state index contributed by atoms with van der Waals surface area (Å²) in [5, 5.41) is 0. The van der Waals surface area contributed by atoms with Crippen LogP contribution in [0.4, 0.5) is 52.7 Å². The van der Waals surface area contributed by atoms with E-state index in [4.69, 9.17) is 9.47 Å². The first-order valence-corrected chi connectivity index (χ1v) is 14.9. The summed E-state index contributed by atoms with van der Waals surface area (Å²) < 4.78 is 171. The van der Waals surface area contributed by atoms with Crippen LogP contribution in [0.2, 0.25) is 0 Å². The largest absolute Gasteiger partial charge is 0.458 e. The van der Waals surface area contributed by atoms with Crippen LogP contribution in [0.15, 0.2) is 60.7 Å². The molecule has 0 fully saturated rings. The van der Waals surface area contributed by atoms with E-state index in [0.29, 0.717) is 36.4 Å². The number of benzene rings is 4. The van der Waals surface area contributed by atoms with Gasteiger partial charge in [-0.15, -0.1) is 0 Å². The van der Waals surface area contributed by atoms with E-state index in [1.165, 1.54) is 11.8 Å². The van der Waals surface area contributed by atoms with E-state index in [1.807, 2.05) is 0 Å². The first-order chi connectivity index (χ1) is 24.7. The van der Waals surface area contributed by atoms with Crippen molar-refractivity contribution in [1.29, 1.82) is 0 Å². The normalized spacial score (nSPS) is 11.4. The molecule has 4 rings (SSSR count). The van der Waals surface area contributed by atoms with Crippen LogP contribution >= 0.6 is 0 Å². The highest BCUT2D eigenvalue weighted by molar-refractivity contribution is 5.77. The van der Waals surface area contributed by atoms with Gasteiger partial charge in [-0.05, 0) is 65.6 Å². The SMILES string of the molecule is CCC(CC(=O)Oc1ccc(-c2cc(F)c(C#CC(F)(F)F)c(F)c2)c(F)c1)CC(=O)Oc1ccc(-c2cc(F)c(C#CC(F)(F)F)c(F)c2)c(F)c1. The minimum Gasteiger partial charge on any atom is -0.426 e. The van der Waals surface area contributed by atoms with Crippen LogP contribution in [0.3, 0.4) is 0 Å². The quantitative estimate of drug-likeness (QED) is 0.0739. The van der Waals surface area contributed by atoms with E-state index in [2.05, 4.69) is 0 Å². The molecule has 0 saturated carbocycles. The summed E-state index contributed by atoms with van der Waals surface area (Å²) in [7, 11) is 0. The number of carbonyl (C=O) groups is 2. The lowest BCUT2D eigenvalue weighted by Gasteiger charge is -2.14. The minimum absolute atomic E-state index is 0.228. The van der Waals surface area contributed by atoms with Crippen LogP contribution in [0.25, 0.3) is 22.3 Å². The van der Waals surface area contributed by atoms with Crippen LogP contribution in [-0.4, -0.2) is 24.3 Å². The van der Waals surface area contributed by atoms with E-state index in [9.17, 15) is 62.3 Å². The number of hydrogen-bond acceptors (Lipinski definition) is 4. The predicted octanol–water partition coefficient (Wildman–Crippen LogP) is 10.0. The van der Waals surface area contributed by atoms with Gasteiger partial charge in [0.15, 0.2) is 0 Å². The van der Waals surface area contributed by atoms with Gasteiger partial charge in [0, 0.05) is 47.9 Å². The van der Waals surface area contributed by atoms with Crippen molar-refractivity contribution >= 4 is 11.9 Å². The molecule has 0 spiro atoms.